The van der Waals surface area contributed by atoms with E-state index >= 15 is 0 Å². The zero-order chi connectivity index (χ0) is 19.8. The third-order valence-electron chi connectivity index (χ3n) is 6.09. The smallest absolute Gasteiger partial charge is 0.331 e. The Labute approximate surface area is 175 Å². The molecule has 3 heterocycles. The first-order chi connectivity index (χ1) is 14.2. The second-order valence-electron chi connectivity index (χ2n) is 7.98. The van der Waals surface area contributed by atoms with Gasteiger partial charge in [0.15, 0.2) is 0 Å². The van der Waals surface area contributed by atoms with E-state index in [4.69, 9.17) is 21.3 Å². The number of aryl methyl sites for hydroxylation is 2. The number of nitrogens with zero attached hydrogens (tertiary/aromatic N) is 2. The van der Waals surface area contributed by atoms with Crippen molar-refractivity contribution in [3.05, 3.63) is 81.2 Å². The van der Waals surface area contributed by atoms with Gasteiger partial charge in [0.1, 0.15) is 6.61 Å². The molecule has 1 saturated heterocycles. The Morgan fingerprint density at radius 2 is 1.90 bits per heavy atom. The van der Waals surface area contributed by atoms with Gasteiger partial charge < -0.3 is 4.74 Å². The zero-order valence-electron chi connectivity index (χ0n) is 16.3. The number of fused-ring (bicyclic) bond motifs is 2. The number of ether oxygens (including phenoxy) is 1. The van der Waals surface area contributed by atoms with Crippen LogP contribution in [0, 0.1) is 0 Å². The summed E-state index contributed by atoms with van der Waals surface area (Å²) in [6.45, 7) is 3.22. The number of rotatable bonds is 2. The lowest BCUT2D eigenvalue weighted by molar-refractivity contribution is -0.134. The molecule has 0 atom stereocenters. The first-order valence-electron chi connectivity index (χ1n) is 10.2. The number of cyclic esters (lactones) is 1. The van der Waals surface area contributed by atoms with Crippen molar-refractivity contribution in [1.82, 2.24) is 9.88 Å². The van der Waals surface area contributed by atoms with Crippen LogP contribution < -0.4 is 0 Å². The minimum atomic E-state index is -0.212. The van der Waals surface area contributed by atoms with Gasteiger partial charge in [-0.15, -0.1) is 0 Å². The van der Waals surface area contributed by atoms with Crippen molar-refractivity contribution in [2.75, 3.05) is 26.2 Å². The van der Waals surface area contributed by atoms with Gasteiger partial charge in [-0.1, -0.05) is 29.3 Å². The van der Waals surface area contributed by atoms with E-state index in [2.05, 4.69) is 23.1 Å². The lowest BCUT2D eigenvalue weighted by Crippen LogP contribution is -2.33. The second kappa shape index (κ2) is 7.77. The summed E-state index contributed by atoms with van der Waals surface area (Å²) in [4.78, 5) is 18.5. The maximum Gasteiger partial charge on any atom is 0.331 e. The SMILES string of the molecule is O=C1C=C(CN2CCC(=C3c4ccc(Cl)cc4CCc4cccnc43)CC2)CO1. The molecule has 29 heavy (non-hydrogen) atoms. The standard InChI is InChI=1S/C24H23ClN2O2/c25-20-5-6-21-19(13-20)4-3-18-2-1-9-26-24(18)23(21)17-7-10-27(11-8-17)14-16-12-22(28)29-15-16/h1-2,5-6,9,12-13H,3-4,7-8,10-11,14-15H2. The van der Waals surface area contributed by atoms with E-state index in [0.717, 1.165) is 61.6 Å². The number of benzene rings is 1. The highest BCUT2D eigenvalue weighted by Crippen LogP contribution is 2.38. The molecule has 3 aliphatic rings. The van der Waals surface area contributed by atoms with E-state index in [0.29, 0.717) is 6.61 Å². The molecule has 0 amide bonds. The summed E-state index contributed by atoms with van der Waals surface area (Å²) in [6, 6.07) is 10.5. The molecule has 5 heteroatoms. The fraction of sp³-hybridized carbons (Fsp3) is 0.333. The summed E-state index contributed by atoms with van der Waals surface area (Å²) >= 11 is 6.31. The summed E-state index contributed by atoms with van der Waals surface area (Å²) < 4.78 is 5.04. The van der Waals surface area contributed by atoms with E-state index in [-0.39, 0.29) is 5.97 Å². The highest BCUT2D eigenvalue weighted by molar-refractivity contribution is 6.30. The van der Waals surface area contributed by atoms with Gasteiger partial charge >= 0.3 is 5.97 Å². The molecular weight excluding hydrogens is 384 g/mol. The predicted molar refractivity (Wildman–Crippen MR) is 114 cm³/mol. The number of halogens is 1. The van der Waals surface area contributed by atoms with Crippen LogP contribution in [0.3, 0.4) is 0 Å². The molecule has 2 aliphatic heterocycles. The van der Waals surface area contributed by atoms with E-state index in [9.17, 15) is 4.79 Å². The average Bonchev–Trinajstić information content (AvgIpc) is 3.06. The van der Waals surface area contributed by atoms with Crippen LogP contribution in [0.1, 0.15) is 35.2 Å². The van der Waals surface area contributed by atoms with E-state index in [1.807, 2.05) is 18.3 Å². The summed E-state index contributed by atoms with van der Waals surface area (Å²) in [5.41, 5.74) is 8.90. The Hall–Kier alpha value is -2.43. The number of aromatic nitrogens is 1. The molecule has 0 N–H and O–H groups in total. The van der Waals surface area contributed by atoms with Crippen LogP contribution in [0.25, 0.3) is 5.57 Å². The monoisotopic (exact) mass is 406 g/mol. The fourth-order valence-electron chi connectivity index (χ4n) is 4.66. The van der Waals surface area contributed by atoms with Gasteiger partial charge in [0.2, 0.25) is 0 Å². The minimum Gasteiger partial charge on any atom is -0.458 e. The summed E-state index contributed by atoms with van der Waals surface area (Å²) in [5, 5.41) is 0.795. The van der Waals surface area contributed by atoms with Gasteiger partial charge in [-0.05, 0) is 66.1 Å². The van der Waals surface area contributed by atoms with Crippen molar-refractivity contribution in [3.8, 4) is 0 Å². The van der Waals surface area contributed by atoms with Crippen molar-refractivity contribution in [3.63, 3.8) is 0 Å². The van der Waals surface area contributed by atoms with Crippen molar-refractivity contribution in [1.29, 1.82) is 0 Å². The number of pyridine rings is 1. The lowest BCUT2D eigenvalue weighted by atomic mass is 9.88. The average molecular weight is 407 g/mol. The van der Waals surface area contributed by atoms with E-state index in [1.165, 1.54) is 27.8 Å². The van der Waals surface area contributed by atoms with Gasteiger partial charge in [0, 0.05) is 42.5 Å². The molecule has 2 aromatic rings. The number of piperidine rings is 1. The highest BCUT2D eigenvalue weighted by atomic mass is 35.5. The van der Waals surface area contributed by atoms with Crippen LogP contribution >= 0.6 is 11.6 Å². The van der Waals surface area contributed by atoms with Crippen molar-refractivity contribution >= 4 is 23.1 Å². The van der Waals surface area contributed by atoms with Crippen molar-refractivity contribution in [2.45, 2.75) is 25.7 Å². The maximum atomic E-state index is 11.3. The van der Waals surface area contributed by atoms with Crippen LogP contribution in [0.5, 0.6) is 0 Å². The van der Waals surface area contributed by atoms with Crippen LogP contribution in [-0.4, -0.2) is 42.1 Å². The van der Waals surface area contributed by atoms with Gasteiger partial charge in [-0.2, -0.15) is 0 Å². The Morgan fingerprint density at radius 3 is 2.69 bits per heavy atom. The topological polar surface area (TPSA) is 42.4 Å². The van der Waals surface area contributed by atoms with Gasteiger partial charge in [0.05, 0.1) is 5.69 Å². The summed E-state index contributed by atoms with van der Waals surface area (Å²) in [5.74, 6) is -0.212. The quantitative estimate of drug-likeness (QED) is 0.700. The second-order valence-corrected chi connectivity index (χ2v) is 8.41. The van der Waals surface area contributed by atoms with Crippen LogP contribution in [0.4, 0.5) is 0 Å². The molecule has 0 unspecified atom stereocenters. The summed E-state index contributed by atoms with van der Waals surface area (Å²) in [6.07, 6.45) is 7.53. The van der Waals surface area contributed by atoms with Gasteiger partial charge in [0.25, 0.3) is 0 Å². The molecule has 0 bridgehead atoms. The number of hydrogen-bond donors (Lipinski definition) is 0. The first kappa shape index (κ1) is 18.6. The number of carbonyl (C=O) groups excluding carboxylic acids is 1. The first-order valence-corrected chi connectivity index (χ1v) is 10.6. The summed E-state index contributed by atoms with van der Waals surface area (Å²) in [7, 11) is 0. The third-order valence-corrected chi connectivity index (χ3v) is 6.33. The van der Waals surface area contributed by atoms with Crippen LogP contribution in [0.15, 0.2) is 53.8 Å². The number of esters is 1. The predicted octanol–water partition coefficient (Wildman–Crippen LogP) is 4.21. The van der Waals surface area contributed by atoms with Gasteiger partial charge in [-0.3, -0.25) is 9.88 Å². The minimum absolute atomic E-state index is 0.212. The van der Waals surface area contributed by atoms with Crippen molar-refractivity contribution < 1.29 is 9.53 Å². The normalized spacial score (nSPS) is 19.3. The molecular formula is C24H23ClN2O2. The molecule has 1 fully saturated rings. The largest absolute Gasteiger partial charge is 0.458 e. The maximum absolute atomic E-state index is 11.3. The zero-order valence-corrected chi connectivity index (χ0v) is 17.0. The number of likely N-dealkylation sites (tertiary alicyclic amines) is 1. The van der Waals surface area contributed by atoms with E-state index in [1.54, 1.807) is 6.08 Å². The Morgan fingerprint density at radius 1 is 1.07 bits per heavy atom. The number of hydrogen-bond acceptors (Lipinski definition) is 4. The molecule has 148 valence electrons. The third kappa shape index (κ3) is 3.75. The Kier molecular flexibility index (Phi) is 4.98. The molecule has 4 nitrogen and oxygen atoms in total. The van der Waals surface area contributed by atoms with E-state index < -0.39 is 0 Å². The van der Waals surface area contributed by atoms with Crippen LogP contribution in [0.2, 0.25) is 5.02 Å². The molecule has 1 aromatic heterocycles. The van der Waals surface area contributed by atoms with Crippen LogP contribution in [-0.2, 0) is 22.4 Å². The Balaban J connectivity index is 1.48. The highest BCUT2D eigenvalue weighted by Gasteiger charge is 2.26. The fourth-order valence-corrected chi connectivity index (χ4v) is 4.85. The van der Waals surface area contributed by atoms with Gasteiger partial charge in [-0.25, -0.2) is 4.79 Å². The van der Waals surface area contributed by atoms with Crippen molar-refractivity contribution in [2.24, 2.45) is 0 Å². The molecule has 0 saturated carbocycles. The number of carbonyl (C=O) groups is 1. The molecule has 5 rings (SSSR count). The molecule has 1 aromatic carbocycles. The molecule has 1 aliphatic carbocycles. The Bertz CT molecular complexity index is 1030. The molecule has 0 radical (unpaired) electrons. The lowest BCUT2D eigenvalue weighted by Gasteiger charge is -2.30. The molecule has 0 spiro atoms.